The molecule has 2 aromatic rings. The van der Waals surface area contributed by atoms with Crippen LogP contribution in [0.3, 0.4) is 0 Å². The van der Waals surface area contributed by atoms with Gasteiger partial charge in [-0.15, -0.1) is 0 Å². The summed E-state index contributed by atoms with van der Waals surface area (Å²) >= 11 is 1.57. The van der Waals surface area contributed by atoms with E-state index in [-0.39, 0.29) is 24.8 Å². The molecule has 0 N–H and O–H groups in total. The zero-order chi connectivity index (χ0) is 14.2. The Bertz CT molecular complexity index is 788. The van der Waals surface area contributed by atoms with E-state index >= 15 is 0 Å². The van der Waals surface area contributed by atoms with Gasteiger partial charge in [0.15, 0.2) is 0 Å². The molecular formula is C20H15Cl2Zr. The Morgan fingerprint density at radius 1 is 0.870 bits per heavy atom. The van der Waals surface area contributed by atoms with E-state index in [4.69, 9.17) is 0 Å². The Balaban J connectivity index is 0.000000960. The second-order valence-corrected chi connectivity index (χ2v) is 6.92. The molecule has 0 saturated heterocycles. The van der Waals surface area contributed by atoms with Gasteiger partial charge >= 0.3 is 141 Å². The van der Waals surface area contributed by atoms with Crippen molar-refractivity contribution < 1.29 is 49.5 Å². The van der Waals surface area contributed by atoms with Gasteiger partial charge in [0.05, 0.1) is 0 Å². The van der Waals surface area contributed by atoms with Gasteiger partial charge in [0.25, 0.3) is 0 Å². The summed E-state index contributed by atoms with van der Waals surface area (Å²) in [6, 6.07) is 19.8. The number of halogens is 2. The fraction of sp³-hybridized carbons (Fsp3) is 0.100. The average Bonchev–Trinajstić information content (AvgIpc) is 3.15. The molecule has 0 bridgehead atoms. The summed E-state index contributed by atoms with van der Waals surface area (Å²) in [4.78, 5) is 0. The monoisotopic (exact) mass is 415 g/mol. The van der Waals surface area contributed by atoms with Gasteiger partial charge < -0.3 is 24.8 Å². The zero-order valence-corrected chi connectivity index (χ0v) is 16.4. The Hall–Kier alpha value is -0.877. The van der Waals surface area contributed by atoms with Crippen molar-refractivity contribution in [3.05, 3.63) is 95.1 Å². The van der Waals surface area contributed by atoms with Crippen molar-refractivity contribution in [3.8, 4) is 0 Å². The molecule has 2 aromatic carbocycles. The second kappa shape index (κ2) is 7.80. The quantitative estimate of drug-likeness (QED) is 0.594. The normalized spacial score (nSPS) is 18.2. The van der Waals surface area contributed by atoms with Gasteiger partial charge in [-0.3, -0.25) is 0 Å². The van der Waals surface area contributed by atoms with Crippen molar-refractivity contribution in [2.45, 2.75) is 10.0 Å². The maximum absolute atomic E-state index is 2.30. The van der Waals surface area contributed by atoms with Gasteiger partial charge in [0.1, 0.15) is 0 Å². The summed E-state index contributed by atoms with van der Waals surface area (Å²) in [5.41, 5.74) is 8.77. The molecule has 1 atom stereocenters. The molecule has 3 heteroatoms. The molecule has 4 rings (SSSR count). The summed E-state index contributed by atoms with van der Waals surface area (Å²) in [5.74, 6) is 0. The number of hydrogen-bond acceptors (Lipinski definition) is 0. The second-order valence-electron chi connectivity index (χ2n) is 5.50. The molecule has 2 aliphatic carbocycles. The molecule has 0 fully saturated rings. The topological polar surface area (TPSA) is 0 Å². The van der Waals surface area contributed by atoms with E-state index in [1.54, 1.807) is 24.7 Å². The first-order valence-corrected chi connectivity index (χ1v) is 8.74. The Morgan fingerprint density at radius 3 is 2.26 bits per heavy atom. The minimum atomic E-state index is 0. The molecule has 0 saturated carbocycles. The van der Waals surface area contributed by atoms with Crippen LogP contribution in [0.1, 0.15) is 26.7 Å². The van der Waals surface area contributed by atoms with Gasteiger partial charge in [-0.1, -0.05) is 0 Å². The Kier molecular flexibility index (Phi) is 6.26. The average molecular weight is 417 g/mol. The third-order valence-corrected chi connectivity index (χ3v) is 5.75. The third kappa shape index (κ3) is 3.20. The van der Waals surface area contributed by atoms with E-state index in [0.717, 1.165) is 6.42 Å². The van der Waals surface area contributed by atoms with Crippen LogP contribution >= 0.6 is 0 Å². The fourth-order valence-corrected chi connectivity index (χ4v) is 4.71. The van der Waals surface area contributed by atoms with Gasteiger partial charge in [0.2, 0.25) is 0 Å². The first-order valence-electron chi connectivity index (χ1n) is 7.32. The molecule has 0 aromatic heterocycles. The SMILES string of the molecule is [Cl-].[Cl-].[Zr+2][CH]1C(c2ccccc2)=C(C2=CC=CC2)c2ccccc21. The number of rotatable bonds is 2. The predicted molar refractivity (Wildman–Crippen MR) is 84.3 cm³/mol. The number of allylic oxidation sites excluding steroid dienone is 6. The van der Waals surface area contributed by atoms with E-state index < -0.39 is 0 Å². The van der Waals surface area contributed by atoms with Crippen LogP contribution in [0.4, 0.5) is 0 Å². The maximum atomic E-state index is 2.30. The van der Waals surface area contributed by atoms with E-state index in [1.807, 2.05) is 0 Å². The summed E-state index contributed by atoms with van der Waals surface area (Å²) < 4.78 is 0.548. The molecule has 0 spiro atoms. The number of fused-ring (bicyclic) bond motifs is 1. The standard InChI is InChI=1S/C20H15.2ClH.Zr/c1-2-8-15(9-3-1)19-14-17-12-6-7-13-18(17)20(19)16-10-4-5-11-16;;;/h1-10,12-14H,11H2;2*1H;/q;;;+2/p-2. The van der Waals surface area contributed by atoms with Crippen LogP contribution in [0.5, 0.6) is 0 Å². The van der Waals surface area contributed by atoms with Gasteiger partial charge in [-0.25, -0.2) is 0 Å². The minimum absolute atomic E-state index is 0. The van der Waals surface area contributed by atoms with Gasteiger partial charge in [0, 0.05) is 0 Å². The van der Waals surface area contributed by atoms with Crippen molar-refractivity contribution in [3.63, 3.8) is 0 Å². The van der Waals surface area contributed by atoms with Crippen LogP contribution in [-0.4, -0.2) is 0 Å². The van der Waals surface area contributed by atoms with Crippen LogP contribution in [0.25, 0.3) is 11.1 Å². The van der Waals surface area contributed by atoms with E-state index in [0.29, 0.717) is 3.63 Å². The first kappa shape index (κ1) is 18.5. The predicted octanol–water partition coefficient (Wildman–Crippen LogP) is -0.907. The number of benzene rings is 2. The van der Waals surface area contributed by atoms with Crippen molar-refractivity contribution in [1.82, 2.24) is 0 Å². The Labute approximate surface area is 165 Å². The summed E-state index contributed by atoms with van der Waals surface area (Å²) in [5, 5.41) is 0. The van der Waals surface area contributed by atoms with Crippen molar-refractivity contribution in [1.29, 1.82) is 0 Å². The molecule has 113 valence electrons. The summed E-state index contributed by atoms with van der Waals surface area (Å²) in [6.07, 6.45) is 7.78. The molecule has 1 unspecified atom stereocenters. The molecule has 0 heterocycles. The molecule has 0 radical (unpaired) electrons. The Morgan fingerprint density at radius 2 is 1.57 bits per heavy atom. The van der Waals surface area contributed by atoms with E-state index in [2.05, 4.69) is 72.8 Å². The van der Waals surface area contributed by atoms with Gasteiger partial charge in [-0.2, -0.15) is 0 Å². The fourth-order valence-electron chi connectivity index (χ4n) is 3.33. The van der Waals surface area contributed by atoms with Crippen LogP contribution in [0, 0.1) is 0 Å². The van der Waals surface area contributed by atoms with Crippen LogP contribution in [-0.2, 0) is 24.7 Å². The van der Waals surface area contributed by atoms with Crippen LogP contribution < -0.4 is 24.8 Å². The molecule has 2 aliphatic rings. The van der Waals surface area contributed by atoms with E-state index in [9.17, 15) is 0 Å². The first-order chi connectivity index (χ1) is 10.4. The summed E-state index contributed by atoms with van der Waals surface area (Å²) in [7, 11) is 0. The van der Waals surface area contributed by atoms with Crippen LogP contribution in [0.2, 0.25) is 0 Å². The van der Waals surface area contributed by atoms with E-state index in [1.165, 1.54) is 33.4 Å². The van der Waals surface area contributed by atoms with Crippen molar-refractivity contribution >= 4 is 11.1 Å². The van der Waals surface area contributed by atoms with Gasteiger partial charge in [-0.05, 0) is 0 Å². The zero-order valence-electron chi connectivity index (χ0n) is 12.5. The van der Waals surface area contributed by atoms with Crippen LogP contribution in [0.15, 0.2) is 78.4 Å². The van der Waals surface area contributed by atoms with Crippen molar-refractivity contribution in [2.75, 3.05) is 0 Å². The molecule has 23 heavy (non-hydrogen) atoms. The van der Waals surface area contributed by atoms with Crippen molar-refractivity contribution in [2.24, 2.45) is 0 Å². The third-order valence-electron chi connectivity index (χ3n) is 4.28. The molecule has 0 nitrogen and oxygen atoms in total. The number of hydrogen-bond donors (Lipinski definition) is 0. The molecular weight excluding hydrogens is 402 g/mol. The molecule has 0 amide bonds. The molecule has 0 aliphatic heterocycles. The summed E-state index contributed by atoms with van der Waals surface area (Å²) in [6.45, 7) is 0.